The van der Waals surface area contributed by atoms with Gasteiger partial charge in [0, 0.05) is 24.3 Å². The van der Waals surface area contributed by atoms with Crippen LogP contribution in [0.4, 0.5) is 5.69 Å². The molecule has 0 spiro atoms. The summed E-state index contributed by atoms with van der Waals surface area (Å²) in [7, 11) is 2.07. The lowest BCUT2D eigenvalue weighted by Gasteiger charge is -2.46. The highest BCUT2D eigenvalue weighted by Crippen LogP contribution is 2.34. The van der Waals surface area contributed by atoms with Gasteiger partial charge in [-0.05, 0) is 44.4 Å². The summed E-state index contributed by atoms with van der Waals surface area (Å²) in [6.07, 6.45) is 5.20. The van der Waals surface area contributed by atoms with Gasteiger partial charge in [-0.3, -0.25) is 0 Å². The fourth-order valence-electron chi connectivity index (χ4n) is 3.02. The standard InChI is InChI=1S/C14H20N2/c1-15-12-9-13(10-12)16-8-4-6-11-5-2-3-7-14(11)16/h2-3,5,7,12-13,15H,4,6,8-10H2,1H3. The van der Waals surface area contributed by atoms with Crippen LogP contribution in [0.3, 0.4) is 0 Å². The van der Waals surface area contributed by atoms with E-state index in [1.54, 1.807) is 5.56 Å². The molecule has 2 heteroatoms. The number of fused-ring (bicyclic) bond motifs is 1. The first-order valence-corrected chi connectivity index (χ1v) is 6.40. The minimum Gasteiger partial charge on any atom is -0.368 e. The third-order valence-corrected chi connectivity index (χ3v) is 4.11. The Balaban J connectivity index is 1.78. The fourth-order valence-corrected chi connectivity index (χ4v) is 3.02. The van der Waals surface area contributed by atoms with E-state index in [0.717, 1.165) is 12.1 Å². The van der Waals surface area contributed by atoms with Crippen LogP contribution in [0.5, 0.6) is 0 Å². The average Bonchev–Trinajstić information content (AvgIpc) is 2.28. The molecule has 1 aliphatic heterocycles. The summed E-state index contributed by atoms with van der Waals surface area (Å²) in [6.45, 7) is 1.25. The molecule has 0 aromatic heterocycles. The third-order valence-electron chi connectivity index (χ3n) is 4.11. The highest BCUT2D eigenvalue weighted by molar-refractivity contribution is 5.56. The van der Waals surface area contributed by atoms with Gasteiger partial charge >= 0.3 is 0 Å². The van der Waals surface area contributed by atoms with Gasteiger partial charge < -0.3 is 10.2 Å². The molecule has 86 valence electrons. The van der Waals surface area contributed by atoms with Crippen LogP contribution in [0.1, 0.15) is 24.8 Å². The summed E-state index contributed by atoms with van der Waals surface area (Å²) in [5, 5.41) is 3.37. The lowest BCUT2D eigenvalue weighted by atomic mass is 9.84. The molecule has 1 N–H and O–H groups in total. The van der Waals surface area contributed by atoms with Crippen LogP contribution in [0.15, 0.2) is 24.3 Å². The maximum atomic E-state index is 3.37. The van der Waals surface area contributed by atoms with Crippen molar-refractivity contribution in [3.05, 3.63) is 29.8 Å². The van der Waals surface area contributed by atoms with Crippen LogP contribution < -0.4 is 10.2 Å². The van der Waals surface area contributed by atoms with Crippen molar-refractivity contribution >= 4 is 5.69 Å². The molecule has 1 fully saturated rings. The summed E-state index contributed by atoms with van der Waals surface area (Å²) in [4.78, 5) is 2.63. The van der Waals surface area contributed by atoms with Crippen LogP contribution in [0.2, 0.25) is 0 Å². The fraction of sp³-hybridized carbons (Fsp3) is 0.571. The molecule has 3 rings (SSSR count). The highest BCUT2D eigenvalue weighted by atomic mass is 15.2. The summed E-state index contributed by atoms with van der Waals surface area (Å²) < 4.78 is 0. The van der Waals surface area contributed by atoms with Crippen molar-refractivity contribution in [2.75, 3.05) is 18.5 Å². The summed E-state index contributed by atoms with van der Waals surface area (Å²) in [5.41, 5.74) is 3.04. The van der Waals surface area contributed by atoms with Crippen LogP contribution in [-0.4, -0.2) is 25.7 Å². The van der Waals surface area contributed by atoms with Gasteiger partial charge in [-0.25, -0.2) is 0 Å². The number of para-hydroxylation sites is 1. The van der Waals surface area contributed by atoms with E-state index in [0.29, 0.717) is 0 Å². The van der Waals surface area contributed by atoms with E-state index >= 15 is 0 Å². The molecule has 2 nitrogen and oxygen atoms in total. The number of nitrogens with one attached hydrogen (secondary N) is 1. The monoisotopic (exact) mass is 216 g/mol. The molecule has 0 atom stereocenters. The van der Waals surface area contributed by atoms with Crippen LogP contribution in [0, 0.1) is 0 Å². The second kappa shape index (κ2) is 4.10. The van der Waals surface area contributed by atoms with E-state index in [-0.39, 0.29) is 0 Å². The number of aryl methyl sites for hydroxylation is 1. The zero-order valence-corrected chi connectivity index (χ0v) is 9.95. The number of hydrogen-bond acceptors (Lipinski definition) is 2. The molecule has 1 aromatic rings. The summed E-state index contributed by atoms with van der Waals surface area (Å²) in [6, 6.07) is 10.4. The Bertz CT molecular complexity index is 369. The molecule has 0 amide bonds. The van der Waals surface area contributed by atoms with E-state index in [9.17, 15) is 0 Å². The first kappa shape index (κ1) is 10.2. The zero-order valence-electron chi connectivity index (χ0n) is 9.95. The van der Waals surface area contributed by atoms with Gasteiger partial charge in [0.2, 0.25) is 0 Å². The molecule has 0 saturated heterocycles. The molecular weight excluding hydrogens is 196 g/mol. The SMILES string of the molecule is CNC1CC(N2CCCc3ccccc32)C1. The molecule has 2 aliphatic rings. The van der Waals surface area contributed by atoms with Gasteiger partial charge in [-0.15, -0.1) is 0 Å². The second-order valence-corrected chi connectivity index (χ2v) is 5.04. The zero-order chi connectivity index (χ0) is 11.0. The molecular formula is C14H20N2. The molecule has 16 heavy (non-hydrogen) atoms. The lowest BCUT2D eigenvalue weighted by Crippen LogP contribution is -2.53. The minimum absolute atomic E-state index is 0.749. The Labute approximate surface area is 97.6 Å². The Kier molecular flexibility index (Phi) is 2.60. The number of hydrogen-bond donors (Lipinski definition) is 1. The molecule has 1 heterocycles. The number of anilines is 1. The van der Waals surface area contributed by atoms with Crippen molar-refractivity contribution in [1.82, 2.24) is 5.32 Å². The van der Waals surface area contributed by atoms with Gasteiger partial charge in [0.25, 0.3) is 0 Å². The van der Waals surface area contributed by atoms with Gasteiger partial charge in [-0.2, -0.15) is 0 Å². The Hall–Kier alpha value is -1.02. The predicted octanol–water partition coefficient (Wildman–Crippen LogP) is 2.19. The van der Waals surface area contributed by atoms with E-state index in [4.69, 9.17) is 0 Å². The molecule has 1 saturated carbocycles. The molecule has 1 aliphatic carbocycles. The van der Waals surface area contributed by atoms with Gasteiger partial charge in [0.05, 0.1) is 0 Å². The van der Waals surface area contributed by atoms with E-state index in [1.165, 1.54) is 37.9 Å². The van der Waals surface area contributed by atoms with Crippen LogP contribution in [-0.2, 0) is 6.42 Å². The molecule has 0 unspecified atom stereocenters. The topological polar surface area (TPSA) is 15.3 Å². The quantitative estimate of drug-likeness (QED) is 0.815. The third kappa shape index (κ3) is 1.61. The first-order chi connectivity index (χ1) is 7.88. The second-order valence-electron chi connectivity index (χ2n) is 5.04. The number of rotatable bonds is 2. The Morgan fingerprint density at radius 2 is 2.06 bits per heavy atom. The van der Waals surface area contributed by atoms with Crippen molar-refractivity contribution in [3.63, 3.8) is 0 Å². The molecule has 0 radical (unpaired) electrons. The predicted molar refractivity (Wildman–Crippen MR) is 68.0 cm³/mol. The largest absolute Gasteiger partial charge is 0.368 e. The van der Waals surface area contributed by atoms with Crippen LogP contribution in [0.25, 0.3) is 0 Å². The van der Waals surface area contributed by atoms with Crippen molar-refractivity contribution in [2.24, 2.45) is 0 Å². The van der Waals surface area contributed by atoms with E-state index in [2.05, 4.69) is 41.5 Å². The van der Waals surface area contributed by atoms with E-state index < -0.39 is 0 Å². The smallest absolute Gasteiger partial charge is 0.0401 e. The Morgan fingerprint density at radius 3 is 2.88 bits per heavy atom. The average molecular weight is 216 g/mol. The summed E-state index contributed by atoms with van der Waals surface area (Å²) in [5.74, 6) is 0. The van der Waals surface area contributed by atoms with Crippen molar-refractivity contribution in [1.29, 1.82) is 0 Å². The normalized spacial score (nSPS) is 28.4. The number of benzene rings is 1. The molecule has 1 aromatic carbocycles. The van der Waals surface area contributed by atoms with Crippen molar-refractivity contribution < 1.29 is 0 Å². The number of nitrogens with zero attached hydrogens (tertiary/aromatic N) is 1. The van der Waals surface area contributed by atoms with Gasteiger partial charge in [0.1, 0.15) is 0 Å². The van der Waals surface area contributed by atoms with Crippen LogP contribution >= 0.6 is 0 Å². The van der Waals surface area contributed by atoms with Gasteiger partial charge in [-0.1, -0.05) is 18.2 Å². The van der Waals surface area contributed by atoms with Crippen molar-refractivity contribution in [2.45, 2.75) is 37.8 Å². The first-order valence-electron chi connectivity index (χ1n) is 6.40. The highest BCUT2D eigenvalue weighted by Gasteiger charge is 2.34. The van der Waals surface area contributed by atoms with Crippen molar-refractivity contribution in [3.8, 4) is 0 Å². The maximum absolute atomic E-state index is 3.37. The Morgan fingerprint density at radius 1 is 1.25 bits per heavy atom. The molecule has 0 bridgehead atoms. The van der Waals surface area contributed by atoms with E-state index in [1.807, 2.05) is 0 Å². The maximum Gasteiger partial charge on any atom is 0.0401 e. The minimum atomic E-state index is 0.749. The lowest BCUT2D eigenvalue weighted by molar-refractivity contribution is 0.288. The van der Waals surface area contributed by atoms with Gasteiger partial charge in [0.15, 0.2) is 0 Å². The summed E-state index contributed by atoms with van der Waals surface area (Å²) >= 11 is 0.